The lowest BCUT2D eigenvalue weighted by Crippen LogP contribution is -2.51. The summed E-state index contributed by atoms with van der Waals surface area (Å²) in [6, 6.07) is 14.4. The largest absolute Gasteiger partial charge is 0.481 e. The number of carbonyl (C=O) groups excluding carboxylic acids is 2. The van der Waals surface area contributed by atoms with Gasteiger partial charge in [0.15, 0.2) is 5.41 Å². The Kier molecular flexibility index (Phi) is 6.48. The van der Waals surface area contributed by atoms with Crippen LogP contribution in [0.15, 0.2) is 48.5 Å². The van der Waals surface area contributed by atoms with Crippen LogP contribution in [0.3, 0.4) is 0 Å². The number of benzene rings is 2. The molecule has 2 aromatic carbocycles. The quantitative estimate of drug-likeness (QED) is 0.634. The van der Waals surface area contributed by atoms with Crippen molar-refractivity contribution in [3.05, 3.63) is 59.7 Å². The molecule has 2 aliphatic rings. The number of ether oxygens (including phenoxy) is 1. The molecule has 1 saturated heterocycles. The van der Waals surface area contributed by atoms with Crippen molar-refractivity contribution in [1.29, 1.82) is 0 Å². The van der Waals surface area contributed by atoms with E-state index in [1.807, 2.05) is 48.5 Å². The van der Waals surface area contributed by atoms with E-state index in [2.05, 4.69) is 5.32 Å². The van der Waals surface area contributed by atoms with Crippen molar-refractivity contribution in [2.75, 3.05) is 19.7 Å². The molecular weight excluding hydrogens is 465 g/mol. The van der Waals surface area contributed by atoms with Gasteiger partial charge in [-0.25, -0.2) is 4.79 Å². The molecule has 1 unspecified atom stereocenters. The lowest BCUT2D eigenvalue weighted by atomic mass is 9.86. The summed E-state index contributed by atoms with van der Waals surface area (Å²) in [5.74, 6) is -2.98. The summed E-state index contributed by atoms with van der Waals surface area (Å²) in [4.78, 5) is 37.6. The molecular formula is C25H25F3N2O5. The predicted octanol–water partition coefficient (Wildman–Crippen LogP) is 4.17. The number of hydrogen-bond donors (Lipinski definition) is 2. The van der Waals surface area contributed by atoms with E-state index in [1.54, 1.807) is 6.92 Å². The molecule has 4 rings (SSSR count). The van der Waals surface area contributed by atoms with Crippen molar-refractivity contribution < 1.29 is 37.4 Å². The van der Waals surface area contributed by atoms with Crippen molar-refractivity contribution in [3.63, 3.8) is 0 Å². The molecule has 2 amide bonds. The topological polar surface area (TPSA) is 95.9 Å². The number of likely N-dealkylation sites (tertiary alicyclic amines) is 1. The summed E-state index contributed by atoms with van der Waals surface area (Å²) in [5, 5.41) is 11.6. The summed E-state index contributed by atoms with van der Waals surface area (Å²) in [7, 11) is 0. The first-order chi connectivity index (χ1) is 16.6. The second-order valence-electron chi connectivity index (χ2n) is 8.83. The van der Waals surface area contributed by atoms with Crippen LogP contribution < -0.4 is 5.32 Å². The Bertz CT molecular complexity index is 1110. The molecule has 0 radical (unpaired) electrons. The lowest BCUT2D eigenvalue weighted by molar-refractivity contribution is -0.227. The number of hydrogen-bond acceptors (Lipinski definition) is 4. The van der Waals surface area contributed by atoms with E-state index in [1.165, 1.54) is 0 Å². The number of carboxylic acid groups (broad SMARTS) is 1. The number of alkyl carbamates (subject to hydrolysis) is 1. The minimum Gasteiger partial charge on any atom is -0.481 e. The second kappa shape index (κ2) is 9.24. The molecule has 10 heteroatoms. The maximum atomic E-state index is 13.4. The molecule has 186 valence electrons. The van der Waals surface area contributed by atoms with Crippen LogP contribution in [-0.2, 0) is 14.3 Å². The number of nitrogens with one attached hydrogen (secondary N) is 1. The number of amides is 2. The number of alkyl halides is 3. The number of halogens is 3. The van der Waals surface area contributed by atoms with E-state index >= 15 is 0 Å². The molecule has 0 aromatic heterocycles. The smallest absolute Gasteiger partial charge is 0.407 e. The van der Waals surface area contributed by atoms with Gasteiger partial charge in [0.25, 0.3) is 0 Å². The molecule has 1 aliphatic heterocycles. The maximum Gasteiger partial charge on any atom is 0.407 e. The van der Waals surface area contributed by atoms with E-state index < -0.39 is 48.6 Å². The molecule has 2 aromatic rings. The SMILES string of the molecule is CC[C@@H](NC(=O)OCC1c2ccccc2-c2ccccc21)C(=O)N1CCC(C(=O)O)(C(F)(F)F)C1. The summed E-state index contributed by atoms with van der Waals surface area (Å²) in [6.45, 7) is 0.252. The zero-order valence-corrected chi connectivity index (χ0v) is 19.0. The number of carboxylic acids is 1. The molecule has 0 spiro atoms. The molecule has 35 heavy (non-hydrogen) atoms. The Balaban J connectivity index is 1.40. The first-order valence-corrected chi connectivity index (χ1v) is 11.3. The minimum atomic E-state index is -5.00. The lowest BCUT2D eigenvalue weighted by Gasteiger charge is -2.28. The van der Waals surface area contributed by atoms with Gasteiger partial charge >= 0.3 is 18.2 Å². The molecule has 2 N–H and O–H groups in total. The fourth-order valence-corrected chi connectivity index (χ4v) is 4.87. The Morgan fingerprint density at radius 1 is 1.11 bits per heavy atom. The van der Waals surface area contributed by atoms with E-state index in [0.29, 0.717) is 0 Å². The highest BCUT2D eigenvalue weighted by Gasteiger charge is 2.64. The standard InChI is InChI=1S/C25H25F3N2O5/c1-2-20(21(31)30-12-11-24(14-30,22(32)33)25(26,27)28)29-23(34)35-13-19-17-9-5-3-7-15(17)16-8-4-6-10-18(16)19/h3-10,19-20H,2,11-14H2,1H3,(H,29,34)(H,32,33)/t20-,24?/m1/s1. The maximum absolute atomic E-state index is 13.4. The number of nitrogens with zero attached hydrogens (tertiary/aromatic N) is 1. The average Bonchev–Trinajstić information content (AvgIpc) is 3.42. The second-order valence-corrected chi connectivity index (χ2v) is 8.83. The average molecular weight is 490 g/mol. The van der Waals surface area contributed by atoms with E-state index in [9.17, 15) is 32.7 Å². The van der Waals surface area contributed by atoms with Crippen molar-refractivity contribution in [2.24, 2.45) is 5.41 Å². The van der Waals surface area contributed by atoms with Gasteiger partial charge in [-0.05, 0) is 35.1 Å². The summed E-state index contributed by atoms with van der Waals surface area (Å²) in [6.07, 6.45) is -6.51. The number of rotatable bonds is 6. The van der Waals surface area contributed by atoms with Gasteiger partial charge in [-0.1, -0.05) is 55.5 Å². The third kappa shape index (κ3) is 4.33. The summed E-state index contributed by atoms with van der Waals surface area (Å²) in [5.41, 5.74) is 1.13. The molecule has 0 bridgehead atoms. The molecule has 2 atom stereocenters. The van der Waals surface area contributed by atoms with Gasteiger partial charge in [-0.3, -0.25) is 9.59 Å². The fourth-order valence-electron chi connectivity index (χ4n) is 4.87. The Morgan fingerprint density at radius 3 is 2.17 bits per heavy atom. The van der Waals surface area contributed by atoms with Gasteiger partial charge in [-0.2, -0.15) is 13.2 Å². The highest BCUT2D eigenvalue weighted by Crippen LogP contribution is 2.46. The van der Waals surface area contributed by atoms with Crippen LogP contribution >= 0.6 is 0 Å². The predicted molar refractivity (Wildman–Crippen MR) is 120 cm³/mol. The molecule has 1 heterocycles. The van der Waals surface area contributed by atoms with Crippen LogP contribution in [0.1, 0.15) is 36.8 Å². The Morgan fingerprint density at radius 2 is 1.69 bits per heavy atom. The third-order valence-corrected chi connectivity index (χ3v) is 6.88. The zero-order valence-electron chi connectivity index (χ0n) is 19.0. The van der Waals surface area contributed by atoms with Crippen LogP contribution in [0, 0.1) is 5.41 Å². The van der Waals surface area contributed by atoms with Crippen LogP contribution in [0.25, 0.3) is 11.1 Å². The fraction of sp³-hybridized carbons (Fsp3) is 0.400. The zero-order chi connectivity index (χ0) is 25.4. The van der Waals surface area contributed by atoms with Crippen molar-refractivity contribution >= 4 is 18.0 Å². The van der Waals surface area contributed by atoms with Gasteiger partial charge in [0.2, 0.25) is 5.91 Å². The number of carbonyl (C=O) groups is 3. The molecule has 7 nitrogen and oxygen atoms in total. The van der Waals surface area contributed by atoms with Gasteiger partial charge in [0.1, 0.15) is 12.6 Å². The first-order valence-electron chi connectivity index (χ1n) is 11.3. The van der Waals surface area contributed by atoms with Crippen molar-refractivity contribution in [1.82, 2.24) is 10.2 Å². The van der Waals surface area contributed by atoms with Crippen LogP contribution in [0.5, 0.6) is 0 Å². The van der Waals surface area contributed by atoms with Gasteiger partial charge in [0, 0.05) is 19.0 Å². The van der Waals surface area contributed by atoms with E-state index in [0.717, 1.165) is 27.2 Å². The third-order valence-electron chi connectivity index (χ3n) is 6.88. The van der Waals surface area contributed by atoms with Gasteiger partial charge in [-0.15, -0.1) is 0 Å². The molecule has 1 aliphatic carbocycles. The summed E-state index contributed by atoms with van der Waals surface area (Å²) < 4.78 is 45.8. The molecule has 1 fully saturated rings. The normalized spacial score (nSPS) is 20.2. The number of fused-ring (bicyclic) bond motifs is 3. The van der Waals surface area contributed by atoms with Crippen LogP contribution in [-0.4, -0.2) is 59.9 Å². The summed E-state index contributed by atoms with van der Waals surface area (Å²) >= 11 is 0. The Labute approximate surface area is 199 Å². The van der Waals surface area contributed by atoms with E-state index in [4.69, 9.17) is 4.74 Å². The Hall–Kier alpha value is -3.56. The van der Waals surface area contributed by atoms with Crippen molar-refractivity contribution in [3.8, 4) is 11.1 Å². The monoisotopic (exact) mass is 490 g/mol. The first kappa shape index (κ1) is 24.6. The van der Waals surface area contributed by atoms with Crippen LogP contribution in [0.4, 0.5) is 18.0 Å². The van der Waals surface area contributed by atoms with Gasteiger partial charge < -0.3 is 20.1 Å². The van der Waals surface area contributed by atoms with Crippen molar-refractivity contribution in [2.45, 2.75) is 37.9 Å². The minimum absolute atomic E-state index is 0.0183. The van der Waals surface area contributed by atoms with E-state index in [-0.39, 0.29) is 25.5 Å². The molecule has 0 saturated carbocycles. The van der Waals surface area contributed by atoms with Gasteiger partial charge in [0.05, 0.1) is 0 Å². The number of aliphatic carboxylic acids is 1. The van der Waals surface area contributed by atoms with Crippen LogP contribution in [0.2, 0.25) is 0 Å². The highest BCUT2D eigenvalue weighted by atomic mass is 19.4. The highest BCUT2D eigenvalue weighted by molar-refractivity contribution is 5.87.